The van der Waals surface area contributed by atoms with Crippen LogP contribution in [0.1, 0.15) is 40.0 Å². The Bertz CT molecular complexity index is 223. The number of aliphatic imine (C=N–C) groups is 1. The number of carbonyl (C=O) groups is 1. The van der Waals surface area contributed by atoms with Crippen molar-refractivity contribution in [2.75, 3.05) is 0 Å². The molecule has 0 aromatic carbocycles. The van der Waals surface area contributed by atoms with E-state index in [9.17, 15) is 4.79 Å². The number of hydrogen-bond donors (Lipinski definition) is 0. The van der Waals surface area contributed by atoms with E-state index >= 15 is 0 Å². The highest BCUT2D eigenvalue weighted by atomic mass is 16.6. The first-order chi connectivity index (χ1) is 5.58. The van der Waals surface area contributed by atoms with E-state index in [1.54, 1.807) is 6.92 Å². The van der Waals surface area contributed by atoms with E-state index in [2.05, 4.69) is 11.9 Å². The maximum Gasteiger partial charge on any atom is 0.340 e. The lowest BCUT2D eigenvalue weighted by atomic mass is 9.97. The zero-order chi connectivity index (χ0) is 9.19. The van der Waals surface area contributed by atoms with Crippen LogP contribution < -0.4 is 0 Å². The number of nitrogens with zero attached hydrogens (tertiary/aromatic N) is 1. The Morgan fingerprint density at radius 3 is 2.67 bits per heavy atom. The molecule has 0 N–H and O–H groups in total. The quantitative estimate of drug-likeness (QED) is 0.605. The van der Waals surface area contributed by atoms with Crippen molar-refractivity contribution in [1.29, 1.82) is 0 Å². The molecule has 0 spiro atoms. The SMILES string of the molecule is CCCCC1(C)N=C(C)OC1=O. The van der Waals surface area contributed by atoms with E-state index in [1.165, 1.54) is 0 Å². The van der Waals surface area contributed by atoms with Gasteiger partial charge in [-0.1, -0.05) is 19.8 Å². The molecule has 0 aliphatic carbocycles. The summed E-state index contributed by atoms with van der Waals surface area (Å²) in [5, 5.41) is 0. The molecule has 0 amide bonds. The first-order valence-electron chi connectivity index (χ1n) is 4.37. The Kier molecular flexibility index (Phi) is 2.50. The van der Waals surface area contributed by atoms with Gasteiger partial charge >= 0.3 is 5.97 Å². The first-order valence-corrected chi connectivity index (χ1v) is 4.37. The predicted molar refractivity (Wildman–Crippen MR) is 47.1 cm³/mol. The average Bonchev–Trinajstić information content (AvgIpc) is 2.23. The highest BCUT2D eigenvalue weighted by Crippen LogP contribution is 2.25. The molecule has 0 aromatic rings. The highest BCUT2D eigenvalue weighted by molar-refractivity contribution is 5.98. The van der Waals surface area contributed by atoms with Crippen molar-refractivity contribution in [1.82, 2.24) is 0 Å². The molecule has 0 bridgehead atoms. The molecule has 12 heavy (non-hydrogen) atoms. The molecule has 0 radical (unpaired) electrons. The fraction of sp³-hybridized carbons (Fsp3) is 0.778. The topological polar surface area (TPSA) is 38.7 Å². The molecule has 68 valence electrons. The van der Waals surface area contributed by atoms with E-state index in [0.717, 1.165) is 19.3 Å². The normalized spacial score (nSPS) is 28.6. The van der Waals surface area contributed by atoms with Crippen molar-refractivity contribution in [3.63, 3.8) is 0 Å². The zero-order valence-corrected chi connectivity index (χ0v) is 7.89. The van der Waals surface area contributed by atoms with Crippen LogP contribution in [-0.2, 0) is 9.53 Å². The zero-order valence-electron chi connectivity index (χ0n) is 7.89. The minimum absolute atomic E-state index is 0.201. The second kappa shape index (κ2) is 3.25. The van der Waals surface area contributed by atoms with Crippen molar-refractivity contribution >= 4 is 11.9 Å². The fourth-order valence-corrected chi connectivity index (χ4v) is 1.34. The number of hydrogen-bond acceptors (Lipinski definition) is 3. The van der Waals surface area contributed by atoms with Gasteiger partial charge in [0.15, 0.2) is 11.4 Å². The Morgan fingerprint density at radius 2 is 2.25 bits per heavy atom. The number of cyclic esters (lactones) is 1. The van der Waals surface area contributed by atoms with Gasteiger partial charge in [0.25, 0.3) is 0 Å². The number of rotatable bonds is 3. The summed E-state index contributed by atoms with van der Waals surface area (Å²) in [6.45, 7) is 5.65. The van der Waals surface area contributed by atoms with Gasteiger partial charge in [-0.25, -0.2) is 9.79 Å². The van der Waals surface area contributed by atoms with Crippen LogP contribution in [0.15, 0.2) is 4.99 Å². The molecule has 0 saturated carbocycles. The molecule has 1 unspecified atom stereocenters. The number of esters is 1. The molecule has 0 saturated heterocycles. The summed E-state index contributed by atoms with van der Waals surface area (Å²) in [4.78, 5) is 15.5. The van der Waals surface area contributed by atoms with Crippen molar-refractivity contribution in [3.8, 4) is 0 Å². The van der Waals surface area contributed by atoms with Gasteiger partial charge in [0.2, 0.25) is 0 Å². The Hall–Kier alpha value is -0.860. The largest absolute Gasteiger partial charge is 0.410 e. The van der Waals surface area contributed by atoms with E-state index in [-0.39, 0.29) is 5.97 Å². The average molecular weight is 169 g/mol. The van der Waals surface area contributed by atoms with Crippen LogP contribution in [0, 0.1) is 0 Å². The van der Waals surface area contributed by atoms with Crippen LogP contribution in [0.25, 0.3) is 0 Å². The van der Waals surface area contributed by atoms with Crippen LogP contribution in [0.5, 0.6) is 0 Å². The van der Waals surface area contributed by atoms with Gasteiger partial charge in [-0.3, -0.25) is 0 Å². The third-order valence-corrected chi connectivity index (χ3v) is 2.10. The molecule has 1 aliphatic heterocycles. The fourth-order valence-electron chi connectivity index (χ4n) is 1.34. The first kappa shape index (κ1) is 9.23. The molecule has 1 rings (SSSR count). The number of ether oxygens (including phenoxy) is 1. The third-order valence-electron chi connectivity index (χ3n) is 2.10. The molecular weight excluding hydrogens is 154 g/mol. The van der Waals surface area contributed by atoms with Crippen molar-refractivity contribution in [2.45, 2.75) is 45.6 Å². The molecule has 3 nitrogen and oxygen atoms in total. The molecule has 1 aliphatic rings. The molecule has 1 heterocycles. The summed E-state index contributed by atoms with van der Waals surface area (Å²) in [5.41, 5.74) is -0.597. The van der Waals surface area contributed by atoms with Crippen LogP contribution in [0.2, 0.25) is 0 Å². The third kappa shape index (κ3) is 1.65. The molecular formula is C9H15NO2. The standard InChI is InChI=1S/C9H15NO2/c1-4-5-6-9(3)8(11)12-7(2)10-9/h4-6H2,1-3H3. The Balaban J connectivity index is 2.63. The molecule has 3 heteroatoms. The van der Waals surface area contributed by atoms with Crippen LogP contribution in [-0.4, -0.2) is 17.4 Å². The Labute approximate surface area is 72.8 Å². The molecule has 0 fully saturated rings. The monoisotopic (exact) mass is 169 g/mol. The van der Waals surface area contributed by atoms with E-state index in [4.69, 9.17) is 4.74 Å². The lowest BCUT2D eigenvalue weighted by Gasteiger charge is -2.14. The van der Waals surface area contributed by atoms with E-state index < -0.39 is 5.54 Å². The lowest BCUT2D eigenvalue weighted by Crippen LogP contribution is -2.29. The highest BCUT2D eigenvalue weighted by Gasteiger charge is 2.39. The lowest BCUT2D eigenvalue weighted by molar-refractivity contribution is -0.138. The minimum Gasteiger partial charge on any atom is -0.410 e. The summed E-state index contributed by atoms with van der Waals surface area (Å²) >= 11 is 0. The second-order valence-corrected chi connectivity index (χ2v) is 3.40. The van der Waals surface area contributed by atoms with E-state index in [0.29, 0.717) is 5.90 Å². The van der Waals surface area contributed by atoms with Gasteiger partial charge in [-0.15, -0.1) is 0 Å². The van der Waals surface area contributed by atoms with Gasteiger partial charge in [0.1, 0.15) is 0 Å². The number of carbonyl (C=O) groups excluding carboxylic acids is 1. The summed E-state index contributed by atoms with van der Waals surface area (Å²) in [6.07, 6.45) is 2.89. The van der Waals surface area contributed by atoms with Crippen molar-refractivity contribution in [2.24, 2.45) is 4.99 Å². The molecule has 0 aromatic heterocycles. The maximum atomic E-state index is 11.3. The van der Waals surface area contributed by atoms with Gasteiger partial charge in [-0.2, -0.15) is 0 Å². The Morgan fingerprint density at radius 1 is 1.58 bits per heavy atom. The summed E-state index contributed by atoms with van der Waals surface area (Å²) in [5.74, 6) is 0.298. The second-order valence-electron chi connectivity index (χ2n) is 3.40. The molecule has 1 atom stereocenters. The minimum atomic E-state index is -0.597. The van der Waals surface area contributed by atoms with Crippen LogP contribution in [0.4, 0.5) is 0 Å². The van der Waals surface area contributed by atoms with Gasteiger partial charge in [-0.05, 0) is 13.3 Å². The van der Waals surface area contributed by atoms with E-state index in [1.807, 2.05) is 6.92 Å². The van der Waals surface area contributed by atoms with Crippen LogP contribution >= 0.6 is 0 Å². The van der Waals surface area contributed by atoms with Crippen LogP contribution in [0.3, 0.4) is 0 Å². The summed E-state index contributed by atoms with van der Waals surface area (Å²) < 4.78 is 4.88. The van der Waals surface area contributed by atoms with Crippen molar-refractivity contribution in [3.05, 3.63) is 0 Å². The van der Waals surface area contributed by atoms with Gasteiger partial charge in [0, 0.05) is 6.92 Å². The van der Waals surface area contributed by atoms with Gasteiger partial charge < -0.3 is 4.74 Å². The predicted octanol–water partition coefficient (Wildman–Crippen LogP) is 1.91. The summed E-state index contributed by atoms with van der Waals surface area (Å²) in [7, 11) is 0. The van der Waals surface area contributed by atoms with Crippen molar-refractivity contribution < 1.29 is 9.53 Å². The number of unbranched alkanes of at least 4 members (excludes halogenated alkanes) is 1. The van der Waals surface area contributed by atoms with Gasteiger partial charge in [0.05, 0.1) is 0 Å². The smallest absolute Gasteiger partial charge is 0.340 e. The summed E-state index contributed by atoms with van der Waals surface area (Å²) in [6, 6.07) is 0. The maximum absolute atomic E-state index is 11.3.